The van der Waals surface area contributed by atoms with Gasteiger partial charge in [0.05, 0.1) is 0 Å². The molecular formula is C11H10N2O3S2. The highest BCUT2D eigenvalue weighted by Crippen LogP contribution is 2.24. The van der Waals surface area contributed by atoms with Gasteiger partial charge in [-0.2, -0.15) is 11.3 Å². The summed E-state index contributed by atoms with van der Waals surface area (Å²) in [6.45, 7) is 1.90. The molecule has 18 heavy (non-hydrogen) atoms. The second-order valence-corrected chi connectivity index (χ2v) is 5.32. The van der Waals surface area contributed by atoms with E-state index in [1.807, 2.05) is 16.8 Å². The largest absolute Gasteiger partial charge is 0.476 e. The Balaban J connectivity index is 2.16. The molecule has 2 rings (SSSR count). The van der Waals surface area contributed by atoms with Gasteiger partial charge in [0.25, 0.3) is 0 Å². The van der Waals surface area contributed by atoms with E-state index in [1.165, 1.54) is 6.92 Å². The van der Waals surface area contributed by atoms with Crippen molar-refractivity contribution < 1.29 is 14.7 Å². The summed E-state index contributed by atoms with van der Waals surface area (Å²) in [7, 11) is 0. The Labute approximate surface area is 111 Å². The Bertz CT molecular complexity index is 544. The zero-order valence-corrected chi connectivity index (χ0v) is 11.1. The maximum absolute atomic E-state index is 11.3. The van der Waals surface area contributed by atoms with E-state index in [1.54, 1.807) is 11.3 Å². The van der Waals surface area contributed by atoms with Crippen molar-refractivity contribution in [2.45, 2.75) is 13.5 Å². The minimum absolute atomic E-state index is 0.176. The molecule has 0 aliphatic heterocycles. The molecule has 0 atom stereocenters. The SMILES string of the molecule is CC(=O)c1sc(NCc2ccsc2)nc1C(=O)O. The first-order valence-corrected chi connectivity index (χ1v) is 6.84. The van der Waals surface area contributed by atoms with Crippen LogP contribution in [0.5, 0.6) is 0 Å². The maximum Gasteiger partial charge on any atom is 0.356 e. The molecule has 0 spiro atoms. The molecule has 0 saturated carbocycles. The normalized spacial score (nSPS) is 10.3. The van der Waals surface area contributed by atoms with Gasteiger partial charge in [0, 0.05) is 13.5 Å². The molecule has 0 unspecified atom stereocenters. The summed E-state index contributed by atoms with van der Waals surface area (Å²) in [5.74, 6) is -1.46. The summed E-state index contributed by atoms with van der Waals surface area (Å²) in [5, 5.41) is 16.4. The van der Waals surface area contributed by atoms with Crippen LogP contribution in [-0.2, 0) is 6.54 Å². The highest BCUT2D eigenvalue weighted by Gasteiger charge is 2.20. The number of hydrogen-bond donors (Lipinski definition) is 2. The van der Waals surface area contributed by atoms with Crippen LogP contribution in [0.25, 0.3) is 0 Å². The van der Waals surface area contributed by atoms with Crippen molar-refractivity contribution in [2.24, 2.45) is 0 Å². The third-order valence-electron chi connectivity index (χ3n) is 2.17. The fraction of sp³-hybridized carbons (Fsp3) is 0.182. The van der Waals surface area contributed by atoms with Crippen molar-refractivity contribution in [1.82, 2.24) is 4.98 Å². The molecule has 0 aromatic carbocycles. The van der Waals surface area contributed by atoms with Crippen LogP contribution in [0.4, 0.5) is 5.13 Å². The topological polar surface area (TPSA) is 79.3 Å². The van der Waals surface area contributed by atoms with Crippen LogP contribution >= 0.6 is 22.7 Å². The van der Waals surface area contributed by atoms with Crippen molar-refractivity contribution in [2.75, 3.05) is 5.32 Å². The number of carbonyl (C=O) groups excluding carboxylic acids is 1. The van der Waals surface area contributed by atoms with Crippen LogP contribution in [0.3, 0.4) is 0 Å². The van der Waals surface area contributed by atoms with Gasteiger partial charge in [-0.05, 0) is 22.4 Å². The molecule has 0 bridgehead atoms. The zero-order valence-electron chi connectivity index (χ0n) is 9.47. The molecule has 0 aliphatic carbocycles. The van der Waals surface area contributed by atoms with Crippen molar-refractivity contribution >= 4 is 39.6 Å². The summed E-state index contributed by atoms with van der Waals surface area (Å²) < 4.78 is 0. The monoisotopic (exact) mass is 282 g/mol. The summed E-state index contributed by atoms with van der Waals surface area (Å²) >= 11 is 2.66. The van der Waals surface area contributed by atoms with Crippen LogP contribution in [0.1, 0.15) is 32.6 Å². The smallest absolute Gasteiger partial charge is 0.356 e. The van der Waals surface area contributed by atoms with Gasteiger partial charge in [0.2, 0.25) is 0 Å². The van der Waals surface area contributed by atoms with Crippen molar-refractivity contribution in [3.8, 4) is 0 Å². The number of hydrogen-bond acceptors (Lipinski definition) is 6. The van der Waals surface area contributed by atoms with Crippen LogP contribution in [0.15, 0.2) is 16.8 Å². The lowest BCUT2D eigenvalue weighted by atomic mass is 10.3. The number of ketones is 1. The molecule has 0 saturated heterocycles. The number of rotatable bonds is 5. The molecule has 2 aromatic rings. The lowest BCUT2D eigenvalue weighted by molar-refractivity contribution is 0.0687. The molecular weight excluding hydrogens is 272 g/mol. The molecule has 2 N–H and O–H groups in total. The number of thiazole rings is 1. The first kappa shape index (κ1) is 12.7. The number of aromatic carboxylic acids is 1. The van der Waals surface area contributed by atoms with Gasteiger partial charge < -0.3 is 10.4 Å². The number of nitrogens with zero attached hydrogens (tertiary/aromatic N) is 1. The van der Waals surface area contributed by atoms with Crippen molar-refractivity contribution in [1.29, 1.82) is 0 Å². The van der Waals surface area contributed by atoms with E-state index < -0.39 is 5.97 Å². The van der Waals surface area contributed by atoms with E-state index in [0.717, 1.165) is 16.9 Å². The minimum Gasteiger partial charge on any atom is -0.476 e. The fourth-order valence-electron chi connectivity index (χ4n) is 1.35. The fourth-order valence-corrected chi connectivity index (χ4v) is 2.87. The molecule has 7 heteroatoms. The molecule has 94 valence electrons. The number of carboxylic acids is 1. The standard InChI is InChI=1S/C11H10N2O3S2/c1-6(14)9-8(10(15)16)13-11(18-9)12-4-7-2-3-17-5-7/h2-3,5H,4H2,1H3,(H,12,13)(H,15,16). The predicted molar refractivity (Wildman–Crippen MR) is 70.7 cm³/mol. The van der Waals surface area contributed by atoms with Gasteiger partial charge in [0.1, 0.15) is 4.88 Å². The van der Waals surface area contributed by atoms with E-state index >= 15 is 0 Å². The third-order valence-corrected chi connectivity index (χ3v) is 4.02. The molecule has 0 amide bonds. The number of Topliss-reactive ketones (excluding diaryl/α,β-unsaturated/α-hetero) is 1. The third kappa shape index (κ3) is 2.74. The molecule has 5 nitrogen and oxygen atoms in total. The maximum atomic E-state index is 11.3. The minimum atomic E-state index is -1.18. The Morgan fingerprint density at radius 2 is 2.28 bits per heavy atom. The van der Waals surface area contributed by atoms with E-state index in [-0.39, 0.29) is 16.4 Å². The van der Waals surface area contributed by atoms with Crippen LogP contribution in [0.2, 0.25) is 0 Å². The van der Waals surface area contributed by atoms with Crippen LogP contribution in [-0.4, -0.2) is 21.8 Å². The summed E-state index contributed by atoms with van der Waals surface area (Å²) in [5.41, 5.74) is 0.914. The second-order valence-electron chi connectivity index (χ2n) is 3.54. The van der Waals surface area contributed by atoms with Gasteiger partial charge >= 0.3 is 5.97 Å². The van der Waals surface area contributed by atoms with E-state index in [0.29, 0.717) is 11.7 Å². The average Bonchev–Trinajstić information content (AvgIpc) is 2.95. The lowest BCUT2D eigenvalue weighted by Gasteiger charge is -1.98. The molecule has 0 aliphatic rings. The van der Waals surface area contributed by atoms with Crippen molar-refractivity contribution in [3.05, 3.63) is 33.0 Å². The van der Waals surface area contributed by atoms with Crippen molar-refractivity contribution in [3.63, 3.8) is 0 Å². The Hall–Kier alpha value is -1.73. The van der Waals surface area contributed by atoms with Gasteiger partial charge in [-0.25, -0.2) is 9.78 Å². The van der Waals surface area contributed by atoms with Crippen LogP contribution < -0.4 is 5.32 Å². The first-order valence-electron chi connectivity index (χ1n) is 5.08. The number of carbonyl (C=O) groups is 2. The number of carboxylic acid groups (broad SMARTS) is 1. The summed E-state index contributed by atoms with van der Waals surface area (Å²) in [6.07, 6.45) is 0. The van der Waals surface area contributed by atoms with E-state index in [2.05, 4.69) is 10.3 Å². The zero-order chi connectivity index (χ0) is 13.1. The first-order chi connectivity index (χ1) is 8.58. The van der Waals surface area contributed by atoms with Gasteiger partial charge in [-0.3, -0.25) is 4.79 Å². The molecule has 2 heterocycles. The number of anilines is 1. The molecule has 2 aromatic heterocycles. The van der Waals surface area contributed by atoms with Gasteiger partial charge in [-0.15, -0.1) is 0 Å². The van der Waals surface area contributed by atoms with E-state index in [4.69, 9.17) is 5.11 Å². The predicted octanol–water partition coefficient (Wildman–Crippen LogP) is 2.72. The summed E-state index contributed by atoms with van der Waals surface area (Å²) in [4.78, 5) is 26.3. The quantitative estimate of drug-likeness (QED) is 0.824. The van der Waals surface area contributed by atoms with Gasteiger partial charge in [-0.1, -0.05) is 11.3 Å². The molecule has 0 radical (unpaired) electrons. The highest BCUT2D eigenvalue weighted by molar-refractivity contribution is 7.17. The van der Waals surface area contributed by atoms with Gasteiger partial charge in [0.15, 0.2) is 16.6 Å². The average molecular weight is 282 g/mol. The van der Waals surface area contributed by atoms with Crippen LogP contribution in [0, 0.1) is 0 Å². The molecule has 0 fully saturated rings. The number of thiophene rings is 1. The Kier molecular flexibility index (Phi) is 3.73. The second kappa shape index (κ2) is 5.28. The number of nitrogens with one attached hydrogen (secondary N) is 1. The Morgan fingerprint density at radius 3 is 2.78 bits per heavy atom. The number of aromatic nitrogens is 1. The Morgan fingerprint density at radius 1 is 1.50 bits per heavy atom. The lowest BCUT2D eigenvalue weighted by Crippen LogP contribution is -2.04. The highest BCUT2D eigenvalue weighted by atomic mass is 32.1. The summed E-state index contributed by atoms with van der Waals surface area (Å²) in [6, 6.07) is 1.97. The van der Waals surface area contributed by atoms with E-state index in [9.17, 15) is 9.59 Å².